The van der Waals surface area contributed by atoms with Crippen molar-refractivity contribution in [3.8, 4) is 0 Å². The van der Waals surface area contributed by atoms with Crippen molar-refractivity contribution in [2.24, 2.45) is 10.7 Å². The Balaban J connectivity index is 3.17. The van der Waals surface area contributed by atoms with Gasteiger partial charge >= 0.3 is 0 Å². The highest BCUT2D eigenvalue weighted by Gasteiger charge is 2.35. The van der Waals surface area contributed by atoms with Crippen LogP contribution in [0.5, 0.6) is 0 Å². The number of carbonyl (C=O) groups is 1. The lowest BCUT2D eigenvalue weighted by molar-refractivity contribution is -0.414. The summed E-state index contributed by atoms with van der Waals surface area (Å²) in [6.07, 6.45) is 1.17. The number of hydrogen-bond acceptors (Lipinski definition) is 5. The second-order valence-electron chi connectivity index (χ2n) is 3.03. The molecule has 0 aromatic carbocycles. The number of nitrogens with zero attached hydrogens (tertiary/aromatic N) is 2. The fraction of sp³-hybridized carbons (Fsp3) is 0.429. The number of ketones is 1. The van der Waals surface area contributed by atoms with E-state index in [1.165, 1.54) is 19.9 Å². The van der Waals surface area contributed by atoms with E-state index in [0.717, 1.165) is 0 Å². The average molecular weight is 183 g/mol. The highest BCUT2D eigenvalue weighted by Crippen LogP contribution is 2.19. The minimum atomic E-state index is -1.14. The van der Waals surface area contributed by atoms with E-state index < -0.39 is 16.4 Å². The molecule has 0 aromatic rings. The predicted octanol–water partition coefficient (Wildman–Crippen LogP) is -0.134. The Kier molecular flexibility index (Phi) is 2.01. The molecule has 0 aromatic heterocycles. The van der Waals surface area contributed by atoms with E-state index in [1.807, 2.05) is 0 Å². The molecule has 0 fully saturated rings. The molecule has 0 aliphatic carbocycles. The van der Waals surface area contributed by atoms with Gasteiger partial charge in [-0.1, -0.05) is 0 Å². The van der Waals surface area contributed by atoms with Crippen molar-refractivity contribution in [3.05, 3.63) is 21.9 Å². The lowest BCUT2D eigenvalue weighted by Crippen LogP contribution is -2.29. The van der Waals surface area contributed by atoms with Gasteiger partial charge in [-0.2, -0.15) is 0 Å². The Hall–Kier alpha value is -1.56. The average Bonchev–Trinajstić information content (AvgIpc) is 2.26. The molecule has 0 amide bonds. The van der Waals surface area contributed by atoms with Crippen LogP contribution in [0.4, 0.5) is 0 Å². The van der Waals surface area contributed by atoms with E-state index in [0.29, 0.717) is 0 Å². The zero-order valence-corrected chi connectivity index (χ0v) is 7.27. The van der Waals surface area contributed by atoms with Gasteiger partial charge in [0.1, 0.15) is 5.66 Å². The Morgan fingerprint density at radius 3 is 2.62 bits per heavy atom. The number of nitrogens with two attached hydrogens (primary N) is 1. The Morgan fingerprint density at radius 1 is 1.77 bits per heavy atom. The van der Waals surface area contributed by atoms with Gasteiger partial charge in [0.2, 0.25) is 0 Å². The molecule has 6 nitrogen and oxygen atoms in total. The molecular weight excluding hydrogens is 174 g/mol. The van der Waals surface area contributed by atoms with Crippen molar-refractivity contribution in [3.63, 3.8) is 0 Å². The first-order valence-corrected chi connectivity index (χ1v) is 3.61. The van der Waals surface area contributed by atoms with Crippen LogP contribution in [0.1, 0.15) is 13.8 Å². The fourth-order valence-corrected chi connectivity index (χ4v) is 1.07. The van der Waals surface area contributed by atoms with Crippen LogP contribution in [0.3, 0.4) is 0 Å². The molecule has 0 spiro atoms. The van der Waals surface area contributed by atoms with Crippen LogP contribution in [0.25, 0.3) is 0 Å². The third-order valence-electron chi connectivity index (χ3n) is 1.55. The van der Waals surface area contributed by atoms with E-state index in [1.54, 1.807) is 0 Å². The minimum Gasteiger partial charge on any atom is -0.304 e. The number of carbonyl (C=O) groups excluding carboxylic acids is 1. The summed E-state index contributed by atoms with van der Waals surface area (Å²) in [4.78, 5) is 24.4. The fourth-order valence-electron chi connectivity index (χ4n) is 1.07. The maximum absolute atomic E-state index is 10.9. The molecule has 0 saturated heterocycles. The van der Waals surface area contributed by atoms with Gasteiger partial charge in [0.25, 0.3) is 5.70 Å². The van der Waals surface area contributed by atoms with E-state index in [4.69, 9.17) is 5.73 Å². The van der Waals surface area contributed by atoms with Crippen molar-refractivity contribution in [2.45, 2.75) is 19.5 Å². The third kappa shape index (κ3) is 1.78. The van der Waals surface area contributed by atoms with Gasteiger partial charge in [-0.3, -0.25) is 14.9 Å². The Bertz CT molecular complexity index is 309. The summed E-state index contributed by atoms with van der Waals surface area (Å²) in [5.41, 5.74) is 3.91. The van der Waals surface area contributed by atoms with Crippen molar-refractivity contribution in [1.29, 1.82) is 0 Å². The van der Waals surface area contributed by atoms with Gasteiger partial charge in [0.15, 0.2) is 11.5 Å². The summed E-state index contributed by atoms with van der Waals surface area (Å²) in [6, 6.07) is 0. The summed E-state index contributed by atoms with van der Waals surface area (Å²) in [5.74, 6) is -0.447. The highest BCUT2D eigenvalue weighted by molar-refractivity contribution is 6.45. The number of hydrogen-bond donors (Lipinski definition) is 1. The van der Waals surface area contributed by atoms with Crippen molar-refractivity contribution < 1.29 is 9.72 Å². The van der Waals surface area contributed by atoms with Crippen LogP contribution >= 0.6 is 0 Å². The number of nitro groups is 1. The summed E-state index contributed by atoms with van der Waals surface area (Å²) < 4.78 is 0. The van der Waals surface area contributed by atoms with Gasteiger partial charge in [-0.05, 0) is 6.92 Å². The van der Waals surface area contributed by atoms with Crippen LogP contribution in [0, 0.1) is 10.1 Å². The van der Waals surface area contributed by atoms with E-state index in [2.05, 4.69) is 4.99 Å². The topological polar surface area (TPSA) is 98.6 Å². The second-order valence-corrected chi connectivity index (χ2v) is 3.03. The SMILES string of the molecule is CC(=O)C1=NC(C)(N)C=C1[N+](=O)[O-]. The van der Waals surface area contributed by atoms with E-state index in [-0.39, 0.29) is 11.4 Å². The number of allylic oxidation sites excluding steroid dienone is 1. The molecule has 0 bridgehead atoms. The first-order valence-electron chi connectivity index (χ1n) is 3.61. The van der Waals surface area contributed by atoms with Gasteiger partial charge in [-0.25, -0.2) is 4.99 Å². The van der Waals surface area contributed by atoms with Gasteiger partial charge in [0, 0.05) is 13.0 Å². The third-order valence-corrected chi connectivity index (χ3v) is 1.55. The minimum absolute atomic E-state index is 0.157. The van der Waals surface area contributed by atoms with Crippen LogP contribution in [0.15, 0.2) is 16.8 Å². The lowest BCUT2D eigenvalue weighted by Gasteiger charge is -2.07. The number of aliphatic imine (C=N–C) groups is 1. The molecule has 1 unspecified atom stereocenters. The molecule has 13 heavy (non-hydrogen) atoms. The smallest absolute Gasteiger partial charge is 0.297 e. The van der Waals surface area contributed by atoms with Crippen LogP contribution in [0.2, 0.25) is 0 Å². The molecule has 6 heteroatoms. The Morgan fingerprint density at radius 2 is 2.31 bits per heavy atom. The summed E-state index contributed by atoms with van der Waals surface area (Å²) in [7, 11) is 0. The van der Waals surface area contributed by atoms with Crippen molar-refractivity contribution in [2.75, 3.05) is 0 Å². The molecule has 0 radical (unpaired) electrons. The molecule has 1 rings (SSSR count). The van der Waals surface area contributed by atoms with E-state index in [9.17, 15) is 14.9 Å². The molecule has 1 aliphatic rings. The molecule has 2 N–H and O–H groups in total. The maximum Gasteiger partial charge on any atom is 0.297 e. The first-order chi connectivity index (χ1) is 5.83. The zero-order valence-electron chi connectivity index (χ0n) is 7.27. The monoisotopic (exact) mass is 183 g/mol. The summed E-state index contributed by atoms with van der Waals surface area (Å²) >= 11 is 0. The number of Topliss-reactive ketones (excluding diaryl/α,β-unsaturated/α-hetero) is 1. The molecule has 0 saturated carbocycles. The molecular formula is C7H9N3O3. The number of rotatable bonds is 2. The van der Waals surface area contributed by atoms with Crippen LogP contribution < -0.4 is 5.73 Å². The normalized spacial score (nSPS) is 26.7. The predicted molar refractivity (Wildman–Crippen MR) is 45.8 cm³/mol. The van der Waals surface area contributed by atoms with E-state index >= 15 is 0 Å². The highest BCUT2D eigenvalue weighted by atomic mass is 16.6. The Labute approximate surface area is 74.3 Å². The summed E-state index contributed by atoms with van der Waals surface area (Å²) in [6.45, 7) is 2.71. The molecule has 70 valence electrons. The standard InChI is InChI=1S/C7H9N3O3/c1-4(11)6-5(10(12)13)3-7(2,8)9-6/h3H,8H2,1-2H3. The molecule has 1 heterocycles. The maximum atomic E-state index is 10.9. The second kappa shape index (κ2) is 2.74. The molecule has 1 atom stereocenters. The molecule has 1 aliphatic heterocycles. The summed E-state index contributed by atoms with van der Waals surface area (Å²) in [5, 5.41) is 10.5. The van der Waals surface area contributed by atoms with Crippen molar-refractivity contribution in [1.82, 2.24) is 0 Å². The van der Waals surface area contributed by atoms with Crippen molar-refractivity contribution >= 4 is 11.5 Å². The first kappa shape index (κ1) is 9.53. The van der Waals surface area contributed by atoms with Gasteiger partial charge in [-0.15, -0.1) is 0 Å². The van der Waals surface area contributed by atoms with Crippen LogP contribution in [-0.4, -0.2) is 22.1 Å². The van der Waals surface area contributed by atoms with Gasteiger partial charge < -0.3 is 5.73 Å². The largest absolute Gasteiger partial charge is 0.304 e. The zero-order chi connectivity index (χ0) is 10.2. The lowest BCUT2D eigenvalue weighted by atomic mass is 10.2. The van der Waals surface area contributed by atoms with Crippen LogP contribution in [-0.2, 0) is 4.79 Å². The quantitative estimate of drug-likeness (QED) is 0.476. The van der Waals surface area contributed by atoms with Gasteiger partial charge in [0.05, 0.1) is 4.92 Å².